The summed E-state index contributed by atoms with van der Waals surface area (Å²) in [5.41, 5.74) is 4.76. The van der Waals surface area contributed by atoms with E-state index in [1.54, 1.807) is 0 Å². The monoisotopic (exact) mass is 326 g/mol. The molecule has 0 aromatic rings. The second kappa shape index (κ2) is 15.1. The van der Waals surface area contributed by atoms with Crippen LogP contribution < -0.4 is 11.1 Å². The summed E-state index contributed by atoms with van der Waals surface area (Å²) >= 11 is 0. The molecule has 0 aromatic heterocycles. The molecule has 0 aromatic carbocycles. The molecule has 0 saturated carbocycles. The van der Waals surface area contributed by atoms with E-state index in [-0.39, 0.29) is 0 Å². The van der Waals surface area contributed by atoms with Gasteiger partial charge in [-0.3, -0.25) is 10.1 Å². The van der Waals surface area contributed by atoms with Crippen LogP contribution in [0.4, 0.5) is 4.79 Å². The van der Waals surface area contributed by atoms with Gasteiger partial charge in [-0.15, -0.1) is 0 Å². The smallest absolute Gasteiger partial charge is 0.330 e. The van der Waals surface area contributed by atoms with Gasteiger partial charge in [0, 0.05) is 12.2 Å². The maximum absolute atomic E-state index is 11.3. The van der Waals surface area contributed by atoms with E-state index in [9.17, 15) is 14.4 Å². The van der Waals surface area contributed by atoms with Crippen molar-refractivity contribution in [1.29, 1.82) is 0 Å². The van der Waals surface area contributed by atoms with Crippen LogP contribution in [0.1, 0.15) is 71.1 Å². The summed E-state index contributed by atoms with van der Waals surface area (Å²) in [6, 6.07) is -0.960. The predicted octanol–water partition coefficient (Wildman–Crippen LogP) is 3.20. The molecule has 0 aliphatic carbocycles. The zero-order valence-corrected chi connectivity index (χ0v) is 14.1. The Labute approximate surface area is 138 Å². The molecule has 3 N–H and O–H groups in total. The van der Waals surface area contributed by atoms with E-state index in [1.165, 1.54) is 44.9 Å². The molecule has 3 amide bonds. The van der Waals surface area contributed by atoms with Crippen LogP contribution in [0, 0.1) is 0 Å². The Bertz CT molecular complexity index is 381. The Hall–Kier alpha value is -1.85. The molecule has 0 fully saturated rings. The Morgan fingerprint density at radius 2 is 1.39 bits per heavy atom. The van der Waals surface area contributed by atoms with Crippen LogP contribution >= 0.6 is 0 Å². The van der Waals surface area contributed by atoms with Gasteiger partial charge < -0.3 is 10.5 Å². The molecule has 0 bridgehead atoms. The van der Waals surface area contributed by atoms with E-state index >= 15 is 0 Å². The van der Waals surface area contributed by atoms with Gasteiger partial charge in [-0.1, -0.05) is 64.7 Å². The summed E-state index contributed by atoms with van der Waals surface area (Å²) < 4.78 is 4.95. The lowest BCUT2D eigenvalue weighted by Crippen LogP contribution is -2.33. The average Bonchev–Trinajstić information content (AvgIpc) is 2.50. The van der Waals surface area contributed by atoms with Gasteiger partial charge in [-0.05, 0) is 6.42 Å². The average molecular weight is 326 g/mol. The summed E-state index contributed by atoms with van der Waals surface area (Å²) in [6.45, 7) is 2.57. The van der Waals surface area contributed by atoms with Gasteiger partial charge in [0.15, 0.2) is 0 Å². The molecule has 132 valence electrons. The van der Waals surface area contributed by atoms with E-state index in [4.69, 9.17) is 10.5 Å². The molecule has 0 heterocycles. The lowest BCUT2D eigenvalue weighted by Gasteiger charge is -2.03. The van der Waals surface area contributed by atoms with Crippen molar-refractivity contribution >= 4 is 17.9 Å². The van der Waals surface area contributed by atoms with Crippen molar-refractivity contribution in [2.45, 2.75) is 71.1 Å². The maximum atomic E-state index is 11.3. The van der Waals surface area contributed by atoms with Crippen LogP contribution in [0.15, 0.2) is 12.2 Å². The van der Waals surface area contributed by atoms with Crippen molar-refractivity contribution in [1.82, 2.24) is 5.32 Å². The number of urea groups is 1. The lowest BCUT2D eigenvalue weighted by molar-refractivity contribution is -0.138. The number of amides is 3. The number of primary amides is 1. The number of hydrogen-bond acceptors (Lipinski definition) is 4. The maximum Gasteiger partial charge on any atom is 0.330 e. The Morgan fingerprint density at radius 3 is 1.91 bits per heavy atom. The molecule has 0 radical (unpaired) electrons. The molecule has 0 unspecified atom stereocenters. The van der Waals surface area contributed by atoms with Crippen molar-refractivity contribution in [2.75, 3.05) is 6.61 Å². The highest BCUT2D eigenvalue weighted by Gasteiger charge is 2.01. The van der Waals surface area contributed by atoms with E-state index in [1.807, 2.05) is 5.32 Å². The third kappa shape index (κ3) is 16.3. The first-order chi connectivity index (χ1) is 11.1. The molecule has 0 rings (SSSR count). The van der Waals surface area contributed by atoms with E-state index in [0.717, 1.165) is 31.4 Å². The van der Waals surface area contributed by atoms with Gasteiger partial charge in [0.2, 0.25) is 0 Å². The summed E-state index contributed by atoms with van der Waals surface area (Å²) in [5, 5.41) is 1.82. The molecule has 6 heteroatoms. The summed E-state index contributed by atoms with van der Waals surface area (Å²) in [5.74, 6) is -1.34. The molecule has 23 heavy (non-hydrogen) atoms. The van der Waals surface area contributed by atoms with Crippen molar-refractivity contribution in [3.63, 3.8) is 0 Å². The fourth-order valence-corrected chi connectivity index (χ4v) is 2.12. The largest absolute Gasteiger partial charge is 0.463 e. The Balaban J connectivity index is 3.40. The minimum Gasteiger partial charge on any atom is -0.463 e. The van der Waals surface area contributed by atoms with E-state index < -0.39 is 17.9 Å². The van der Waals surface area contributed by atoms with Gasteiger partial charge in [-0.25, -0.2) is 9.59 Å². The second-order valence-corrected chi connectivity index (χ2v) is 5.54. The number of imide groups is 1. The Morgan fingerprint density at radius 1 is 0.870 bits per heavy atom. The number of carbonyl (C=O) groups excluding carboxylic acids is 3. The molecule has 0 saturated heterocycles. The van der Waals surface area contributed by atoms with Crippen molar-refractivity contribution < 1.29 is 19.1 Å². The van der Waals surface area contributed by atoms with Gasteiger partial charge in [0.05, 0.1) is 6.61 Å². The van der Waals surface area contributed by atoms with Crippen LogP contribution in [-0.2, 0) is 14.3 Å². The van der Waals surface area contributed by atoms with Gasteiger partial charge >= 0.3 is 12.0 Å². The number of nitrogens with two attached hydrogens (primary N) is 1. The standard InChI is InChI=1S/C17H30N2O4/c1-2-3-4-5-6-7-8-9-10-11-14-23-16(21)13-12-15(20)19-17(18)22/h12-13H,2-11,14H2,1H3,(H3,18,19,20,22). The predicted molar refractivity (Wildman–Crippen MR) is 89.7 cm³/mol. The number of hydrogen-bond donors (Lipinski definition) is 2. The van der Waals surface area contributed by atoms with E-state index in [2.05, 4.69) is 6.92 Å². The van der Waals surface area contributed by atoms with Gasteiger partial charge in [0.1, 0.15) is 0 Å². The highest BCUT2D eigenvalue weighted by Crippen LogP contribution is 2.10. The number of rotatable bonds is 13. The number of ether oxygens (including phenoxy) is 1. The van der Waals surface area contributed by atoms with Crippen LogP contribution in [-0.4, -0.2) is 24.5 Å². The molecular weight excluding hydrogens is 296 g/mol. The molecule has 0 aliphatic heterocycles. The number of nitrogens with one attached hydrogen (secondary N) is 1. The zero-order chi connectivity index (χ0) is 17.3. The molecular formula is C17H30N2O4. The lowest BCUT2D eigenvalue weighted by atomic mass is 10.1. The van der Waals surface area contributed by atoms with Crippen molar-refractivity contribution in [3.05, 3.63) is 12.2 Å². The fourth-order valence-electron chi connectivity index (χ4n) is 2.12. The number of carbonyl (C=O) groups is 3. The third-order valence-corrected chi connectivity index (χ3v) is 3.36. The van der Waals surface area contributed by atoms with Crippen LogP contribution in [0.5, 0.6) is 0 Å². The fraction of sp³-hybridized carbons (Fsp3) is 0.706. The number of esters is 1. The van der Waals surface area contributed by atoms with E-state index in [0.29, 0.717) is 6.61 Å². The molecule has 0 spiro atoms. The molecule has 0 atom stereocenters. The second-order valence-electron chi connectivity index (χ2n) is 5.54. The normalized spacial score (nSPS) is 10.7. The first kappa shape index (κ1) is 21.1. The third-order valence-electron chi connectivity index (χ3n) is 3.36. The highest BCUT2D eigenvalue weighted by atomic mass is 16.5. The topological polar surface area (TPSA) is 98.5 Å². The minimum atomic E-state index is -0.960. The summed E-state index contributed by atoms with van der Waals surface area (Å²) in [6.07, 6.45) is 14.0. The highest BCUT2D eigenvalue weighted by molar-refractivity contribution is 6.02. The SMILES string of the molecule is CCCCCCCCCCCCOC(=O)C=CC(=O)NC(N)=O. The summed E-state index contributed by atoms with van der Waals surface area (Å²) in [7, 11) is 0. The quantitative estimate of drug-likeness (QED) is 0.308. The van der Waals surface area contributed by atoms with Crippen LogP contribution in [0.25, 0.3) is 0 Å². The van der Waals surface area contributed by atoms with Crippen molar-refractivity contribution in [3.8, 4) is 0 Å². The zero-order valence-electron chi connectivity index (χ0n) is 14.1. The first-order valence-corrected chi connectivity index (χ1v) is 8.51. The van der Waals surface area contributed by atoms with Crippen molar-refractivity contribution in [2.24, 2.45) is 5.73 Å². The minimum absolute atomic E-state index is 0.344. The van der Waals surface area contributed by atoms with Crippen LogP contribution in [0.3, 0.4) is 0 Å². The summed E-state index contributed by atoms with van der Waals surface area (Å²) in [4.78, 5) is 32.7. The molecule has 0 aliphatic rings. The number of unbranched alkanes of at least 4 members (excludes halogenated alkanes) is 9. The van der Waals surface area contributed by atoms with Gasteiger partial charge in [0.25, 0.3) is 5.91 Å². The van der Waals surface area contributed by atoms with Crippen LogP contribution in [0.2, 0.25) is 0 Å². The Kier molecular flexibility index (Phi) is 13.8. The molecule has 6 nitrogen and oxygen atoms in total. The van der Waals surface area contributed by atoms with Gasteiger partial charge in [-0.2, -0.15) is 0 Å². The first-order valence-electron chi connectivity index (χ1n) is 8.51.